The van der Waals surface area contributed by atoms with Crippen LogP contribution in [0.1, 0.15) is 33.1 Å². The van der Waals surface area contributed by atoms with Crippen LogP contribution >= 0.6 is 12.4 Å². The average molecular weight is 341 g/mol. The second kappa shape index (κ2) is 9.07. The molecule has 0 aromatic rings. The van der Waals surface area contributed by atoms with Crippen LogP contribution in [0.3, 0.4) is 0 Å². The van der Waals surface area contributed by atoms with Crippen molar-refractivity contribution in [3.05, 3.63) is 0 Å². The first kappa shape index (κ1) is 22.2. The fourth-order valence-electron chi connectivity index (χ4n) is 1.41. The van der Waals surface area contributed by atoms with Gasteiger partial charge >= 0.3 is 6.18 Å². The highest BCUT2D eigenvalue weighted by Gasteiger charge is 2.28. The predicted octanol–water partition coefficient (Wildman–Crippen LogP) is 2.39. The molecule has 0 aliphatic rings. The van der Waals surface area contributed by atoms with Gasteiger partial charge in [-0.15, -0.1) is 12.4 Å². The molecule has 20 heavy (non-hydrogen) atoms. The van der Waals surface area contributed by atoms with E-state index in [1.165, 1.54) is 7.05 Å². The summed E-state index contributed by atoms with van der Waals surface area (Å²) in [7, 11) is -2.26. The Bertz CT molecular complexity index is 361. The first-order valence-corrected chi connectivity index (χ1v) is 7.83. The lowest BCUT2D eigenvalue weighted by Gasteiger charge is -2.21. The number of alkyl halides is 3. The average Bonchev–Trinajstić information content (AvgIpc) is 2.22. The molecule has 0 radical (unpaired) electrons. The Morgan fingerprint density at radius 2 is 1.75 bits per heavy atom. The van der Waals surface area contributed by atoms with Crippen molar-refractivity contribution in [3.8, 4) is 0 Å². The number of rotatable bonds is 8. The summed E-state index contributed by atoms with van der Waals surface area (Å²) in [5.41, 5.74) is 5.80. The highest BCUT2D eigenvalue weighted by molar-refractivity contribution is 7.89. The van der Waals surface area contributed by atoms with E-state index >= 15 is 0 Å². The maximum absolute atomic E-state index is 11.9. The van der Waals surface area contributed by atoms with Gasteiger partial charge in [0.05, 0.1) is 5.75 Å². The number of sulfonamides is 1. The molecule has 0 heterocycles. The van der Waals surface area contributed by atoms with Crippen molar-refractivity contribution in [1.29, 1.82) is 0 Å². The van der Waals surface area contributed by atoms with E-state index < -0.39 is 34.8 Å². The van der Waals surface area contributed by atoms with Crippen LogP contribution in [-0.4, -0.2) is 44.3 Å². The van der Waals surface area contributed by atoms with Crippen LogP contribution in [0.25, 0.3) is 0 Å². The molecule has 2 N–H and O–H groups in total. The molecular formula is C11H24ClF3N2O2S. The number of nitrogens with zero attached hydrogens (tertiary/aromatic N) is 1. The van der Waals surface area contributed by atoms with Crippen molar-refractivity contribution in [1.82, 2.24) is 4.31 Å². The van der Waals surface area contributed by atoms with Crippen LogP contribution < -0.4 is 5.73 Å². The summed E-state index contributed by atoms with van der Waals surface area (Å²) in [5.74, 6) is -0.249. The van der Waals surface area contributed by atoms with Gasteiger partial charge in [0.25, 0.3) is 0 Å². The third-order valence-electron chi connectivity index (χ3n) is 2.97. The van der Waals surface area contributed by atoms with E-state index in [9.17, 15) is 21.6 Å². The molecule has 1 unspecified atom stereocenters. The molecule has 0 saturated heterocycles. The quantitative estimate of drug-likeness (QED) is 0.738. The monoisotopic (exact) mass is 340 g/mol. The molecule has 0 aromatic heterocycles. The summed E-state index contributed by atoms with van der Waals surface area (Å²) < 4.78 is 60.4. The second-order valence-electron chi connectivity index (χ2n) is 5.05. The lowest BCUT2D eigenvalue weighted by atomic mass is 10.0. The topological polar surface area (TPSA) is 63.4 Å². The van der Waals surface area contributed by atoms with E-state index in [1.54, 1.807) is 0 Å². The Morgan fingerprint density at radius 3 is 2.15 bits per heavy atom. The second-order valence-corrected chi connectivity index (χ2v) is 7.25. The zero-order valence-corrected chi connectivity index (χ0v) is 13.6. The van der Waals surface area contributed by atoms with Crippen LogP contribution in [0.4, 0.5) is 13.2 Å². The van der Waals surface area contributed by atoms with Gasteiger partial charge in [0, 0.05) is 26.1 Å². The van der Waals surface area contributed by atoms with E-state index in [0.717, 1.165) is 4.31 Å². The zero-order valence-electron chi connectivity index (χ0n) is 12.0. The van der Waals surface area contributed by atoms with Gasteiger partial charge < -0.3 is 5.73 Å². The van der Waals surface area contributed by atoms with Gasteiger partial charge in [-0.25, -0.2) is 12.7 Å². The maximum atomic E-state index is 11.9. The number of nitrogens with two attached hydrogens (primary N) is 1. The zero-order chi connectivity index (χ0) is 15.3. The smallest absolute Gasteiger partial charge is 0.327 e. The SMILES string of the molecule is CC(C)C(N)CCN(C)S(=O)(=O)CCCC(F)(F)F.Cl. The number of halogens is 4. The van der Waals surface area contributed by atoms with E-state index in [2.05, 4.69) is 0 Å². The summed E-state index contributed by atoms with van der Waals surface area (Å²) in [4.78, 5) is 0. The molecule has 0 amide bonds. The molecule has 0 aliphatic carbocycles. The molecule has 0 saturated carbocycles. The first-order chi connectivity index (χ1) is 8.46. The summed E-state index contributed by atoms with van der Waals surface area (Å²) in [6.45, 7) is 4.10. The normalized spacial score (nSPS) is 14.4. The van der Waals surface area contributed by atoms with Crippen LogP contribution in [-0.2, 0) is 10.0 Å². The number of hydrogen-bond donors (Lipinski definition) is 1. The number of hydrogen-bond acceptors (Lipinski definition) is 3. The third kappa shape index (κ3) is 9.79. The molecule has 0 aromatic carbocycles. The highest BCUT2D eigenvalue weighted by atomic mass is 35.5. The Hall–Kier alpha value is -0.0500. The Morgan fingerprint density at radius 1 is 1.25 bits per heavy atom. The van der Waals surface area contributed by atoms with Crippen LogP contribution in [0.2, 0.25) is 0 Å². The lowest BCUT2D eigenvalue weighted by Crippen LogP contribution is -2.35. The van der Waals surface area contributed by atoms with Gasteiger partial charge in [0.1, 0.15) is 0 Å². The van der Waals surface area contributed by atoms with Crippen molar-refractivity contribution >= 4 is 22.4 Å². The molecule has 0 rings (SSSR count). The fraction of sp³-hybridized carbons (Fsp3) is 1.00. The molecule has 0 aliphatic heterocycles. The fourth-order valence-corrected chi connectivity index (χ4v) is 2.62. The molecule has 0 spiro atoms. The largest absolute Gasteiger partial charge is 0.389 e. The Kier molecular flexibility index (Phi) is 10.1. The molecule has 124 valence electrons. The van der Waals surface area contributed by atoms with Crippen molar-refractivity contribution < 1.29 is 21.6 Å². The Labute approximate surface area is 125 Å². The van der Waals surface area contributed by atoms with Gasteiger partial charge in [-0.05, 0) is 18.8 Å². The molecule has 4 nitrogen and oxygen atoms in total. The minimum absolute atomic E-state index is 0. The van der Waals surface area contributed by atoms with Crippen molar-refractivity contribution in [2.24, 2.45) is 11.7 Å². The molecule has 0 fully saturated rings. The highest BCUT2D eigenvalue weighted by Crippen LogP contribution is 2.22. The van der Waals surface area contributed by atoms with Gasteiger partial charge in [-0.2, -0.15) is 13.2 Å². The predicted molar refractivity (Wildman–Crippen MR) is 76.4 cm³/mol. The standard InChI is InChI=1S/C11H23F3N2O2S.ClH/c1-9(2)10(15)5-7-16(3)19(17,18)8-4-6-11(12,13)14;/h9-10H,4-8,15H2,1-3H3;1H. The summed E-state index contributed by atoms with van der Waals surface area (Å²) in [5, 5.41) is 0. The van der Waals surface area contributed by atoms with Crippen LogP contribution in [0, 0.1) is 5.92 Å². The lowest BCUT2D eigenvalue weighted by molar-refractivity contribution is -0.134. The summed E-state index contributed by atoms with van der Waals surface area (Å²) in [6.07, 6.45) is -5.31. The van der Waals surface area contributed by atoms with E-state index in [4.69, 9.17) is 5.73 Å². The van der Waals surface area contributed by atoms with Gasteiger partial charge in [0.15, 0.2) is 0 Å². The minimum Gasteiger partial charge on any atom is -0.327 e. The van der Waals surface area contributed by atoms with Crippen molar-refractivity contribution in [2.75, 3.05) is 19.3 Å². The van der Waals surface area contributed by atoms with Gasteiger partial charge in [-0.3, -0.25) is 0 Å². The van der Waals surface area contributed by atoms with E-state index in [1.807, 2.05) is 13.8 Å². The minimum atomic E-state index is -4.31. The molecule has 1 atom stereocenters. The van der Waals surface area contributed by atoms with Crippen LogP contribution in [0.15, 0.2) is 0 Å². The summed E-state index contributed by atoms with van der Waals surface area (Å²) in [6, 6.07) is -0.118. The van der Waals surface area contributed by atoms with Crippen LogP contribution in [0.5, 0.6) is 0 Å². The summed E-state index contributed by atoms with van der Waals surface area (Å²) >= 11 is 0. The van der Waals surface area contributed by atoms with E-state index in [0.29, 0.717) is 6.42 Å². The van der Waals surface area contributed by atoms with E-state index in [-0.39, 0.29) is 30.9 Å². The first-order valence-electron chi connectivity index (χ1n) is 6.22. The molecular weight excluding hydrogens is 317 g/mol. The third-order valence-corrected chi connectivity index (χ3v) is 4.91. The van der Waals surface area contributed by atoms with Gasteiger partial charge in [-0.1, -0.05) is 13.8 Å². The van der Waals surface area contributed by atoms with Gasteiger partial charge in [0.2, 0.25) is 10.0 Å². The maximum Gasteiger partial charge on any atom is 0.389 e. The Balaban J connectivity index is 0. The molecule has 0 bridgehead atoms. The van der Waals surface area contributed by atoms with Crippen molar-refractivity contribution in [3.63, 3.8) is 0 Å². The molecule has 9 heteroatoms. The van der Waals surface area contributed by atoms with Crippen molar-refractivity contribution in [2.45, 2.75) is 45.3 Å².